The molecule has 0 aliphatic heterocycles. The Hall–Kier alpha value is -2.41. The van der Waals surface area contributed by atoms with Gasteiger partial charge in [0.2, 0.25) is 11.9 Å². The number of carbonyl (C=O) groups excluding carboxylic acids is 1. The van der Waals surface area contributed by atoms with E-state index in [2.05, 4.69) is 4.98 Å². The first-order chi connectivity index (χ1) is 9.41. The molecule has 1 atom stereocenters. The second kappa shape index (κ2) is 5.30. The lowest BCUT2D eigenvalue weighted by molar-refractivity contribution is -0.140. The number of carboxylic acid groups (broad SMARTS) is 1. The summed E-state index contributed by atoms with van der Waals surface area (Å²) in [6, 6.07) is 6.28. The number of fused-ring (bicyclic) bond motifs is 1. The van der Waals surface area contributed by atoms with Crippen molar-refractivity contribution in [3.8, 4) is 0 Å². The number of nitrogens with two attached hydrogens (primary N) is 1. The first-order valence-electron chi connectivity index (χ1n) is 6.08. The number of carbonyl (C=O) groups is 2. The van der Waals surface area contributed by atoms with Crippen molar-refractivity contribution in [3.05, 3.63) is 24.3 Å². The summed E-state index contributed by atoms with van der Waals surface area (Å²) in [4.78, 5) is 28.4. The van der Waals surface area contributed by atoms with Crippen molar-refractivity contribution in [2.24, 2.45) is 12.8 Å². The first kappa shape index (κ1) is 14.0. The van der Waals surface area contributed by atoms with Crippen molar-refractivity contribution in [1.29, 1.82) is 0 Å². The molecule has 0 aliphatic rings. The van der Waals surface area contributed by atoms with Crippen LogP contribution in [0.5, 0.6) is 0 Å². The number of benzene rings is 1. The molecule has 2 aromatic rings. The Morgan fingerprint density at radius 3 is 2.70 bits per heavy atom. The summed E-state index contributed by atoms with van der Waals surface area (Å²) in [6.07, 6.45) is -0.269. The van der Waals surface area contributed by atoms with E-state index in [9.17, 15) is 9.59 Å². The molecule has 1 aromatic carbocycles. The Morgan fingerprint density at radius 2 is 2.10 bits per heavy atom. The van der Waals surface area contributed by atoms with Crippen LogP contribution in [0.3, 0.4) is 0 Å². The highest BCUT2D eigenvalue weighted by molar-refractivity contribution is 5.95. The minimum Gasteiger partial charge on any atom is -0.480 e. The number of anilines is 1. The van der Waals surface area contributed by atoms with Crippen molar-refractivity contribution in [3.63, 3.8) is 0 Å². The van der Waals surface area contributed by atoms with Gasteiger partial charge in [0.05, 0.1) is 17.5 Å². The zero-order valence-electron chi connectivity index (χ0n) is 11.3. The fraction of sp³-hybridized carbons (Fsp3) is 0.308. The SMILES string of the molecule is CN(C(=O)CC(N)C(=O)O)c1nc2ccccc2n1C. The second-order valence-electron chi connectivity index (χ2n) is 4.56. The molecular weight excluding hydrogens is 260 g/mol. The van der Waals surface area contributed by atoms with Crippen molar-refractivity contribution in [2.75, 3.05) is 11.9 Å². The van der Waals surface area contributed by atoms with E-state index < -0.39 is 17.9 Å². The standard InChI is InChI=1S/C13H16N4O3/c1-16-10-6-4-3-5-9(10)15-13(16)17(2)11(18)7-8(14)12(19)20/h3-6,8H,7,14H2,1-2H3,(H,19,20). The largest absolute Gasteiger partial charge is 0.480 e. The number of aromatic nitrogens is 2. The molecule has 20 heavy (non-hydrogen) atoms. The van der Waals surface area contributed by atoms with Gasteiger partial charge >= 0.3 is 5.97 Å². The Labute approximate surface area is 115 Å². The van der Waals surface area contributed by atoms with Crippen LogP contribution in [0, 0.1) is 0 Å². The van der Waals surface area contributed by atoms with Gasteiger partial charge in [0.1, 0.15) is 6.04 Å². The van der Waals surface area contributed by atoms with Gasteiger partial charge in [0, 0.05) is 14.1 Å². The normalized spacial score (nSPS) is 12.3. The number of aliphatic carboxylic acids is 1. The van der Waals surface area contributed by atoms with Crippen LogP contribution in [0.2, 0.25) is 0 Å². The molecule has 1 amide bonds. The van der Waals surface area contributed by atoms with Crippen LogP contribution in [0.15, 0.2) is 24.3 Å². The van der Waals surface area contributed by atoms with E-state index in [0.29, 0.717) is 5.95 Å². The van der Waals surface area contributed by atoms with Crippen molar-refractivity contribution < 1.29 is 14.7 Å². The summed E-state index contributed by atoms with van der Waals surface area (Å²) in [7, 11) is 3.35. The molecular formula is C13H16N4O3. The molecule has 7 nitrogen and oxygen atoms in total. The van der Waals surface area contributed by atoms with Crippen LogP contribution in [-0.4, -0.2) is 39.6 Å². The molecule has 0 spiro atoms. The third-order valence-corrected chi connectivity index (χ3v) is 3.15. The average Bonchev–Trinajstić information content (AvgIpc) is 2.75. The average molecular weight is 276 g/mol. The first-order valence-corrected chi connectivity index (χ1v) is 6.08. The highest BCUT2D eigenvalue weighted by Crippen LogP contribution is 2.20. The summed E-state index contributed by atoms with van der Waals surface area (Å²) in [6.45, 7) is 0. The van der Waals surface area contributed by atoms with Gasteiger partial charge in [-0.3, -0.25) is 14.5 Å². The molecule has 1 heterocycles. The number of carboxylic acids is 1. The van der Waals surface area contributed by atoms with E-state index in [0.717, 1.165) is 11.0 Å². The van der Waals surface area contributed by atoms with E-state index >= 15 is 0 Å². The number of amides is 1. The highest BCUT2D eigenvalue weighted by Gasteiger charge is 2.22. The Kier molecular flexibility index (Phi) is 3.71. The summed E-state index contributed by atoms with van der Waals surface area (Å²) >= 11 is 0. The third-order valence-electron chi connectivity index (χ3n) is 3.15. The number of imidazole rings is 1. The maximum absolute atomic E-state index is 12.0. The van der Waals surface area contributed by atoms with Crippen LogP contribution >= 0.6 is 0 Å². The molecule has 1 aromatic heterocycles. The topological polar surface area (TPSA) is 101 Å². The smallest absolute Gasteiger partial charge is 0.321 e. The predicted molar refractivity (Wildman–Crippen MR) is 74.4 cm³/mol. The van der Waals surface area contributed by atoms with Gasteiger partial charge in [-0.05, 0) is 12.1 Å². The van der Waals surface area contributed by atoms with Crippen LogP contribution in [-0.2, 0) is 16.6 Å². The predicted octanol–water partition coefficient (Wildman–Crippen LogP) is 0.338. The molecule has 1 unspecified atom stereocenters. The molecule has 2 rings (SSSR count). The van der Waals surface area contributed by atoms with Crippen molar-refractivity contribution >= 4 is 28.9 Å². The van der Waals surface area contributed by atoms with E-state index in [1.807, 2.05) is 24.3 Å². The quantitative estimate of drug-likeness (QED) is 0.838. The number of rotatable bonds is 4. The van der Waals surface area contributed by atoms with Crippen molar-refractivity contribution in [2.45, 2.75) is 12.5 Å². The fourth-order valence-electron chi connectivity index (χ4n) is 1.96. The Bertz CT molecular complexity index is 665. The highest BCUT2D eigenvalue weighted by atomic mass is 16.4. The molecule has 0 bridgehead atoms. The lowest BCUT2D eigenvalue weighted by atomic mass is 10.2. The third kappa shape index (κ3) is 2.48. The Morgan fingerprint density at radius 1 is 1.45 bits per heavy atom. The number of nitrogens with zero attached hydrogens (tertiary/aromatic N) is 3. The minimum atomic E-state index is -1.21. The van der Waals surface area contributed by atoms with Gasteiger partial charge in [0.15, 0.2) is 0 Å². The molecule has 3 N–H and O–H groups in total. The van der Waals surface area contributed by atoms with Gasteiger partial charge in [-0.1, -0.05) is 12.1 Å². The maximum Gasteiger partial charge on any atom is 0.321 e. The number of hydrogen-bond donors (Lipinski definition) is 2. The minimum absolute atomic E-state index is 0.269. The summed E-state index contributed by atoms with van der Waals surface area (Å²) < 4.78 is 1.78. The number of aryl methyl sites for hydroxylation is 1. The van der Waals surface area contributed by atoms with Gasteiger partial charge in [-0.2, -0.15) is 0 Å². The molecule has 7 heteroatoms. The second-order valence-corrected chi connectivity index (χ2v) is 4.56. The van der Waals surface area contributed by atoms with E-state index in [1.54, 1.807) is 18.7 Å². The molecule has 0 radical (unpaired) electrons. The number of para-hydroxylation sites is 2. The van der Waals surface area contributed by atoms with E-state index in [1.165, 1.54) is 4.90 Å². The van der Waals surface area contributed by atoms with Gasteiger partial charge in [-0.25, -0.2) is 4.98 Å². The van der Waals surface area contributed by atoms with E-state index in [4.69, 9.17) is 10.8 Å². The van der Waals surface area contributed by atoms with Gasteiger partial charge < -0.3 is 15.4 Å². The van der Waals surface area contributed by atoms with Crippen LogP contribution < -0.4 is 10.6 Å². The summed E-state index contributed by atoms with van der Waals surface area (Å²) in [5, 5.41) is 8.74. The summed E-state index contributed by atoms with van der Waals surface area (Å²) in [5.74, 6) is -1.14. The van der Waals surface area contributed by atoms with Gasteiger partial charge in [0.25, 0.3) is 0 Å². The van der Waals surface area contributed by atoms with Crippen LogP contribution in [0.1, 0.15) is 6.42 Å². The fourth-order valence-corrected chi connectivity index (χ4v) is 1.96. The molecule has 0 aliphatic carbocycles. The molecule has 0 saturated carbocycles. The molecule has 0 fully saturated rings. The van der Waals surface area contributed by atoms with Gasteiger partial charge in [-0.15, -0.1) is 0 Å². The molecule has 0 saturated heterocycles. The van der Waals surface area contributed by atoms with Crippen LogP contribution in [0.4, 0.5) is 5.95 Å². The van der Waals surface area contributed by atoms with Crippen LogP contribution in [0.25, 0.3) is 11.0 Å². The Balaban J connectivity index is 2.27. The molecule has 106 valence electrons. The van der Waals surface area contributed by atoms with E-state index in [-0.39, 0.29) is 6.42 Å². The monoisotopic (exact) mass is 276 g/mol. The summed E-state index contributed by atoms with van der Waals surface area (Å²) in [5.41, 5.74) is 7.04. The lowest BCUT2D eigenvalue weighted by Crippen LogP contribution is -2.38. The zero-order chi connectivity index (χ0) is 14.9. The zero-order valence-corrected chi connectivity index (χ0v) is 11.3. The maximum atomic E-state index is 12.0. The van der Waals surface area contributed by atoms with Crippen molar-refractivity contribution in [1.82, 2.24) is 9.55 Å². The number of hydrogen-bond acceptors (Lipinski definition) is 4. The lowest BCUT2D eigenvalue weighted by Gasteiger charge is -2.17.